The third-order valence-corrected chi connectivity index (χ3v) is 3.30. The molecule has 0 bridgehead atoms. The molecule has 0 aliphatic rings. The van der Waals surface area contributed by atoms with Gasteiger partial charge in [0.05, 0.1) is 0 Å². The molecule has 0 radical (unpaired) electrons. The molecule has 0 saturated heterocycles. The van der Waals surface area contributed by atoms with Gasteiger partial charge in [-0.25, -0.2) is 0 Å². The molecule has 0 aliphatic carbocycles. The van der Waals surface area contributed by atoms with Crippen molar-refractivity contribution in [3.05, 3.63) is 5.89 Å². The molecule has 2 atom stereocenters. The van der Waals surface area contributed by atoms with Gasteiger partial charge in [0, 0.05) is 13.1 Å². The van der Waals surface area contributed by atoms with Crippen molar-refractivity contribution in [2.24, 2.45) is 0 Å². The summed E-state index contributed by atoms with van der Waals surface area (Å²) >= 11 is 7.70. The summed E-state index contributed by atoms with van der Waals surface area (Å²) in [6.45, 7) is 3.96. The van der Waals surface area contributed by atoms with Crippen molar-refractivity contribution >= 4 is 29.4 Å². The summed E-state index contributed by atoms with van der Waals surface area (Å²) in [6, 6.07) is 0.919. The van der Waals surface area contributed by atoms with E-state index >= 15 is 0 Å². The molecule has 0 amide bonds. The van der Waals surface area contributed by atoms with Crippen LogP contribution in [0.4, 0.5) is 6.01 Å². The standard InChI is InChI=1S/C10H18ClN3OS/c1-7(5-6-16-4)14(3)10-13-12-9(15-10)8(2)11/h7-8H,5-6H2,1-4H3. The first-order chi connectivity index (χ1) is 7.56. The summed E-state index contributed by atoms with van der Waals surface area (Å²) in [5.41, 5.74) is 0. The second-order valence-electron chi connectivity index (χ2n) is 3.78. The molecule has 0 saturated carbocycles. The summed E-state index contributed by atoms with van der Waals surface area (Å²) in [4.78, 5) is 1.99. The van der Waals surface area contributed by atoms with E-state index in [9.17, 15) is 0 Å². The van der Waals surface area contributed by atoms with Crippen LogP contribution >= 0.6 is 23.4 Å². The predicted octanol–water partition coefficient (Wildman–Crippen LogP) is 2.95. The molecule has 1 heterocycles. The Bertz CT molecular complexity index is 319. The number of thioether (sulfide) groups is 1. The Morgan fingerprint density at radius 2 is 2.12 bits per heavy atom. The van der Waals surface area contributed by atoms with E-state index in [1.54, 1.807) is 0 Å². The van der Waals surface area contributed by atoms with Crippen LogP contribution < -0.4 is 4.90 Å². The SMILES string of the molecule is CSCCC(C)N(C)c1nnc(C(C)Cl)o1. The maximum absolute atomic E-state index is 5.87. The van der Waals surface area contributed by atoms with Gasteiger partial charge in [0.15, 0.2) is 0 Å². The van der Waals surface area contributed by atoms with Gasteiger partial charge >= 0.3 is 6.01 Å². The fourth-order valence-electron chi connectivity index (χ4n) is 1.20. The zero-order valence-corrected chi connectivity index (χ0v) is 11.7. The zero-order valence-electron chi connectivity index (χ0n) is 10.1. The Labute approximate surface area is 106 Å². The van der Waals surface area contributed by atoms with Crippen LogP contribution in [-0.2, 0) is 0 Å². The third kappa shape index (κ3) is 3.56. The topological polar surface area (TPSA) is 42.2 Å². The Balaban J connectivity index is 2.60. The molecule has 1 aromatic rings. The van der Waals surface area contributed by atoms with Crippen LogP contribution in [0.1, 0.15) is 31.5 Å². The molecule has 16 heavy (non-hydrogen) atoms. The summed E-state index contributed by atoms with van der Waals surface area (Å²) in [7, 11) is 1.96. The van der Waals surface area contributed by atoms with E-state index in [2.05, 4.69) is 23.4 Å². The molecule has 0 fully saturated rings. The lowest BCUT2D eigenvalue weighted by molar-refractivity contribution is 0.475. The largest absolute Gasteiger partial charge is 0.406 e. The molecule has 1 aromatic heterocycles. The van der Waals surface area contributed by atoms with Crippen LogP contribution in [0.2, 0.25) is 0 Å². The lowest BCUT2D eigenvalue weighted by Crippen LogP contribution is -2.29. The van der Waals surface area contributed by atoms with Crippen LogP contribution in [0.5, 0.6) is 0 Å². The van der Waals surface area contributed by atoms with Crippen LogP contribution in [0.25, 0.3) is 0 Å². The summed E-state index contributed by atoms with van der Waals surface area (Å²) in [5, 5.41) is 7.65. The van der Waals surface area contributed by atoms with Gasteiger partial charge in [-0.2, -0.15) is 11.8 Å². The van der Waals surface area contributed by atoms with E-state index in [-0.39, 0.29) is 5.38 Å². The fourth-order valence-corrected chi connectivity index (χ4v) is 1.87. The molecule has 6 heteroatoms. The van der Waals surface area contributed by atoms with Crippen molar-refractivity contribution in [3.63, 3.8) is 0 Å². The third-order valence-electron chi connectivity index (χ3n) is 2.47. The molecule has 2 unspecified atom stereocenters. The maximum atomic E-state index is 5.87. The number of nitrogens with zero attached hydrogens (tertiary/aromatic N) is 3. The van der Waals surface area contributed by atoms with Gasteiger partial charge in [-0.1, -0.05) is 5.10 Å². The Kier molecular flexibility index (Phi) is 5.41. The highest BCUT2D eigenvalue weighted by molar-refractivity contribution is 7.98. The number of aromatic nitrogens is 2. The van der Waals surface area contributed by atoms with Gasteiger partial charge in [-0.05, 0) is 32.3 Å². The summed E-state index contributed by atoms with van der Waals surface area (Å²) in [5.74, 6) is 1.60. The molecular weight excluding hydrogens is 246 g/mol. The van der Waals surface area contributed by atoms with Crippen molar-refractivity contribution in [1.82, 2.24) is 10.2 Å². The average Bonchev–Trinajstić information content (AvgIpc) is 2.74. The molecule has 0 N–H and O–H groups in total. The number of alkyl halides is 1. The molecular formula is C10H18ClN3OS. The Hall–Kier alpha value is -0.420. The van der Waals surface area contributed by atoms with E-state index in [1.807, 2.05) is 30.6 Å². The minimum absolute atomic E-state index is 0.240. The molecule has 0 spiro atoms. The van der Waals surface area contributed by atoms with Gasteiger partial charge in [0.1, 0.15) is 5.38 Å². The first-order valence-corrected chi connectivity index (χ1v) is 7.08. The van der Waals surface area contributed by atoms with Crippen molar-refractivity contribution < 1.29 is 4.42 Å². The molecule has 0 aromatic carbocycles. The average molecular weight is 264 g/mol. The van der Waals surface area contributed by atoms with E-state index in [4.69, 9.17) is 16.0 Å². The molecule has 92 valence electrons. The van der Waals surface area contributed by atoms with Gasteiger partial charge < -0.3 is 9.32 Å². The molecule has 1 rings (SSSR count). The maximum Gasteiger partial charge on any atom is 0.318 e. The smallest absolute Gasteiger partial charge is 0.318 e. The van der Waals surface area contributed by atoms with Gasteiger partial charge in [-0.15, -0.1) is 16.7 Å². The van der Waals surface area contributed by atoms with Crippen molar-refractivity contribution in [2.45, 2.75) is 31.7 Å². The van der Waals surface area contributed by atoms with Crippen LogP contribution in [0, 0.1) is 0 Å². The van der Waals surface area contributed by atoms with Gasteiger partial charge in [0.25, 0.3) is 0 Å². The highest BCUT2D eigenvalue weighted by atomic mass is 35.5. The zero-order chi connectivity index (χ0) is 12.1. The molecule has 0 aliphatic heterocycles. The monoisotopic (exact) mass is 263 g/mol. The number of rotatable bonds is 6. The number of hydrogen-bond acceptors (Lipinski definition) is 5. The lowest BCUT2D eigenvalue weighted by atomic mass is 10.2. The fraction of sp³-hybridized carbons (Fsp3) is 0.800. The van der Waals surface area contributed by atoms with Gasteiger partial charge in [-0.3, -0.25) is 0 Å². The van der Waals surface area contributed by atoms with Gasteiger partial charge in [0.2, 0.25) is 5.89 Å². The lowest BCUT2D eigenvalue weighted by Gasteiger charge is -2.22. The summed E-state index contributed by atoms with van der Waals surface area (Å²) < 4.78 is 5.47. The highest BCUT2D eigenvalue weighted by Crippen LogP contribution is 2.22. The first-order valence-electron chi connectivity index (χ1n) is 5.25. The van der Waals surface area contributed by atoms with Crippen molar-refractivity contribution in [1.29, 1.82) is 0 Å². The number of halogens is 1. The minimum Gasteiger partial charge on any atom is -0.406 e. The van der Waals surface area contributed by atoms with Crippen LogP contribution in [0.3, 0.4) is 0 Å². The van der Waals surface area contributed by atoms with Crippen molar-refractivity contribution in [2.75, 3.05) is 24.0 Å². The minimum atomic E-state index is -0.240. The Morgan fingerprint density at radius 3 is 2.62 bits per heavy atom. The molecule has 4 nitrogen and oxygen atoms in total. The van der Waals surface area contributed by atoms with Crippen LogP contribution in [-0.4, -0.2) is 35.3 Å². The van der Waals surface area contributed by atoms with Crippen molar-refractivity contribution in [3.8, 4) is 0 Å². The second-order valence-corrected chi connectivity index (χ2v) is 5.42. The van der Waals surface area contributed by atoms with E-state index in [0.29, 0.717) is 17.9 Å². The number of anilines is 1. The van der Waals surface area contributed by atoms with E-state index < -0.39 is 0 Å². The van der Waals surface area contributed by atoms with E-state index in [0.717, 1.165) is 12.2 Å². The Morgan fingerprint density at radius 1 is 1.44 bits per heavy atom. The normalized spacial score (nSPS) is 14.8. The quantitative estimate of drug-likeness (QED) is 0.738. The predicted molar refractivity (Wildman–Crippen MR) is 69.4 cm³/mol. The second kappa shape index (κ2) is 6.35. The highest BCUT2D eigenvalue weighted by Gasteiger charge is 2.17. The van der Waals surface area contributed by atoms with E-state index in [1.165, 1.54) is 0 Å². The van der Waals surface area contributed by atoms with Crippen LogP contribution in [0.15, 0.2) is 4.42 Å². The summed E-state index contributed by atoms with van der Waals surface area (Å²) in [6.07, 6.45) is 3.19. The first kappa shape index (κ1) is 13.6. The number of hydrogen-bond donors (Lipinski definition) is 0.